The number of aliphatic hydroxyl groups is 2. The Labute approximate surface area is 344 Å². The first-order valence-corrected chi connectivity index (χ1v) is 22.3. The van der Waals surface area contributed by atoms with Gasteiger partial charge in [-0.1, -0.05) is 103 Å². The molecule has 0 bridgehead atoms. The van der Waals surface area contributed by atoms with Gasteiger partial charge in [-0.25, -0.2) is 14.1 Å². The average molecular weight is 856 g/mol. The molecule has 1 saturated heterocycles. The summed E-state index contributed by atoms with van der Waals surface area (Å²) in [5.41, 5.74) is 3.82. The van der Waals surface area contributed by atoms with E-state index in [4.69, 9.17) is 29.0 Å². The number of ether oxygens (including phenoxy) is 3. The minimum atomic E-state index is -4.81. The predicted octanol–water partition coefficient (Wildman–Crippen LogP) is 8.17. The number of alkyl halides is 3. The van der Waals surface area contributed by atoms with E-state index in [1.165, 1.54) is 67.3 Å². The Morgan fingerprint density at radius 1 is 0.932 bits per heavy atom. The fourth-order valence-electron chi connectivity index (χ4n) is 7.05. The summed E-state index contributed by atoms with van der Waals surface area (Å²) in [6.07, 6.45) is 8.41. The maximum absolute atomic E-state index is 13.1. The third-order valence-corrected chi connectivity index (χ3v) is 11.5. The van der Waals surface area contributed by atoms with Gasteiger partial charge in [-0.2, -0.15) is 23.5 Å². The molecule has 0 radical (unpaired) electrons. The predicted molar refractivity (Wildman–Crippen MR) is 214 cm³/mol. The summed E-state index contributed by atoms with van der Waals surface area (Å²) in [5.74, 6) is 0.101. The molecule has 0 aliphatic carbocycles. The zero-order chi connectivity index (χ0) is 42.7. The Hall–Kier alpha value is -3.17. The number of nitriles is 1. The molecule has 2 unspecified atom stereocenters. The van der Waals surface area contributed by atoms with E-state index in [1.54, 1.807) is 0 Å². The van der Waals surface area contributed by atoms with Crippen LogP contribution in [0.25, 0.3) is 5.52 Å². The van der Waals surface area contributed by atoms with Gasteiger partial charge >= 0.3 is 14.0 Å². The minimum absolute atomic E-state index is 0.0457. The van der Waals surface area contributed by atoms with E-state index >= 15 is 0 Å². The molecule has 1 aliphatic heterocycles. The summed E-state index contributed by atoms with van der Waals surface area (Å²) < 4.78 is 81.4. The summed E-state index contributed by atoms with van der Waals surface area (Å²) in [4.78, 5) is 14.5. The van der Waals surface area contributed by atoms with Gasteiger partial charge in [0, 0.05) is 13.2 Å². The first-order chi connectivity index (χ1) is 28.3. The van der Waals surface area contributed by atoms with Crippen LogP contribution < -0.4 is 5.73 Å². The van der Waals surface area contributed by atoms with Crippen molar-refractivity contribution < 1.29 is 56.1 Å². The molecule has 3 aromatic rings. The van der Waals surface area contributed by atoms with Crippen LogP contribution >= 0.6 is 7.82 Å². The lowest BCUT2D eigenvalue weighted by molar-refractivity contribution is -0.137. The van der Waals surface area contributed by atoms with Crippen LogP contribution in [0.15, 0.2) is 42.7 Å². The molecule has 18 heteroatoms. The Balaban J connectivity index is 1.20. The highest BCUT2D eigenvalue weighted by Crippen LogP contribution is 2.46. The van der Waals surface area contributed by atoms with E-state index in [2.05, 4.69) is 17.0 Å². The Morgan fingerprint density at radius 2 is 1.54 bits per heavy atom. The van der Waals surface area contributed by atoms with Gasteiger partial charge in [0.2, 0.25) is 5.60 Å². The molecule has 5 N–H and O–H groups in total. The van der Waals surface area contributed by atoms with Gasteiger partial charge in [0.25, 0.3) is 0 Å². The quantitative estimate of drug-likeness (QED) is 0.0385. The third-order valence-electron chi connectivity index (χ3n) is 10.5. The highest BCUT2D eigenvalue weighted by molar-refractivity contribution is 7.47. The first kappa shape index (κ1) is 48.5. The van der Waals surface area contributed by atoms with Crippen LogP contribution in [0.1, 0.15) is 126 Å². The fourth-order valence-corrected chi connectivity index (χ4v) is 7.82. The van der Waals surface area contributed by atoms with E-state index in [1.807, 2.05) is 6.07 Å². The number of nitrogens with zero attached hydrogens (tertiary/aromatic N) is 4. The smallest absolute Gasteiger partial charge is 0.387 e. The summed E-state index contributed by atoms with van der Waals surface area (Å²) >= 11 is 0. The molecule has 1 fully saturated rings. The first-order valence-electron chi connectivity index (χ1n) is 20.8. The Morgan fingerprint density at radius 3 is 2.15 bits per heavy atom. The molecule has 0 amide bonds. The number of nitrogens with two attached hydrogens (primary N) is 1. The minimum Gasteiger partial charge on any atom is -0.387 e. The zero-order valence-corrected chi connectivity index (χ0v) is 34.8. The van der Waals surface area contributed by atoms with Gasteiger partial charge in [-0.05, 0) is 49.1 Å². The van der Waals surface area contributed by atoms with Crippen LogP contribution in [0, 0.1) is 11.3 Å². The number of anilines is 1. The molecule has 6 atom stereocenters. The number of hydrogen-bond acceptors (Lipinski definition) is 12. The molecule has 1 aromatic carbocycles. The Kier molecular flexibility index (Phi) is 20.0. The number of benzene rings is 1. The van der Waals surface area contributed by atoms with Crippen LogP contribution in [-0.4, -0.2) is 80.5 Å². The van der Waals surface area contributed by atoms with Gasteiger partial charge in [0.15, 0.2) is 5.82 Å². The molecule has 1 aliphatic rings. The molecule has 59 heavy (non-hydrogen) atoms. The Bertz CT molecular complexity index is 1760. The summed E-state index contributed by atoms with van der Waals surface area (Å²) in [5, 5.41) is 36.0. The normalized spacial score (nSPS) is 21.2. The second kappa shape index (κ2) is 24.3. The molecular weight excluding hydrogens is 794 g/mol. The van der Waals surface area contributed by atoms with Crippen LogP contribution in [0.3, 0.4) is 0 Å². The van der Waals surface area contributed by atoms with E-state index in [9.17, 15) is 38.1 Å². The van der Waals surface area contributed by atoms with Crippen molar-refractivity contribution in [2.45, 2.75) is 152 Å². The number of nitrogen functional groups attached to an aromatic ring is 1. The molecule has 3 heterocycles. The monoisotopic (exact) mass is 855 g/mol. The number of hydrogen-bond donors (Lipinski definition) is 4. The fraction of sp³-hybridized carbons (Fsp3) is 0.683. The SMILES string of the molecule is CCCCCCCCCOCCCCCCCCCC[C@H](COP(=O)(O)OC[C@H]1O[C@@](C#N)(c2ccc3c(N)ncnn23)[C@@H](O)C1O)OCc1ccc(C(F)(F)F)cc1. The van der Waals surface area contributed by atoms with Crippen LogP contribution in [0.2, 0.25) is 0 Å². The second-order valence-electron chi connectivity index (χ2n) is 15.1. The lowest BCUT2D eigenvalue weighted by Crippen LogP contribution is -2.41. The number of aliphatic hydroxyl groups excluding tert-OH is 2. The van der Waals surface area contributed by atoms with Crippen molar-refractivity contribution >= 4 is 19.2 Å². The highest BCUT2D eigenvalue weighted by Gasteiger charge is 2.58. The number of aromatic nitrogens is 3. The van der Waals surface area contributed by atoms with Crippen molar-refractivity contribution in [2.24, 2.45) is 0 Å². The van der Waals surface area contributed by atoms with Gasteiger partial charge < -0.3 is 35.1 Å². The molecule has 14 nitrogen and oxygen atoms in total. The third kappa shape index (κ3) is 15.1. The van der Waals surface area contributed by atoms with E-state index in [-0.39, 0.29) is 24.7 Å². The van der Waals surface area contributed by atoms with Crippen LogP contribution in [-0.2, 0) is 46.2 Å². The van der Waals surface area contributed by atoms with Gasteiger partial charge in [0.05, 0.1) is 37.2 Å². The summed E-state index contributed by atoms with van der Waals surface area (Å²) in [6, 6.07) is 9.38. The number of phosphoric ester groups is 1. The van der Waals surface area contributed by atoms with Crippen LogP contribution in [0.4, 0.5) is 19.0 Å². The van der Waals surface area contributed by atoms with Gasteiger partial charge in [0.1, 0.15) is 36.2 Å². The number of phosphoric acid groups is 1. The number of fused-ring (bicyclic) bond motifs is 1. The van der Waals surface area contributed by atoms with E-state index in [0.717, 1.165) is 83.0 Å². The molecular formula is C41H61F3N5O9P. The molecule has 4 rings (SSSR count). The lowest BCUT2D eigenvalue weighted by Gasteiger charge is -2.24. The maximum Gasteiger partial charge on any atom is 0.472 e. The number of unbranched alkanes of at least 4 members (excludes halogenated alkanes) is 13. The summed E-state index contributed by atoms with van der Waals surface area (Å²) in [7, 11) is -4.81. The van der Waals surface area contributed by atoms with Crippen molar-refractivity contribution in [3.05, 3.63) is 59.5 Å². The lowest BCUT2D eigenvalue weighted by atomic mass is 9.92. The largest absolute Gasteiger partial charge is 0.472 e. The van der Waals surface area contributed by atoms with Crippen LogP contribution in [0.5, 0.6) is 0 Å². The second-order valence-corrected chi connectivity index (χ2v) is 16.6. The molecule has 2 aromatic heterocycles. The zero-order valence-electron chi connectivity index (χ0n) is 33.9. The van der Waals surface area contributed by atoms with Gasteiger partial charge in [-0.3, -0.25) is 9.05 Å². The maximum atomic E-state index is 13.1. The average Bonchev–Trinajstić information content (AvgIpc) is 3.76. The van der Waals surface area contributed by atoms with Crippen molar-refractivity contribution in [2.75, 3.05) is 32.2 Å². The van der Waals surface area contributed by atoms with Crippen molar-refractivity contribution in [1.29, 1.82) is 5.26 Å². The van der Waals surface area contributed by atoms with E-state index < -0.39 is 56.2 Å². The van der Waals surface area contributed by atoms with Crippen molar-refractivity contribution in [3.8, 4) is 6.07 Å². The number of halogens is 3. The van der Waals surface area contributed by atoms with Crippen molar-refractivity contribution in [3.63, 3.8) is 0 Å². The number of rotatable bonds is 29. The highest BCUT2D eigenvalue weighted by atomic mass is 31.2. The van der Waals surface area contributed by atoms with E-state index in [0.29, 0.717) is 23.9 Å². The molecule has 0 spiro atoms. The topological polar surface area (TPSA) is 204 Å². The summed E-state index contributed by atoms with van der Waals surface area (Å²) in [6.45, 7) is 2.69. The molecule has 330 valence electrons. The van der Waals surface area contributed by atoms with Crippen molar-refractivity contribution in [1.82, 2.24) is 14.6 Å². The van der Waals surface area contributed by atoms with Gasteiger partial charge in [-0.15, -0.1) is 0 Å². The molecule has 0 saturated carbocycles. The standard InChI is InChI=1S/C41H61F3N5O9P/c1-2-3-4-5-9-12-15-24-54-25-16-13-10-7-6-8-11-14-17-33(55-26-31-18-20-32(21-19-31)41(42,43)44)27-56-59(52,53)57-28-35-37(50)38(51)40(29-45,58-35)36-23-22-34-39(46)47-30-48-49(34)36/h18-23,30,33,35,37-38,50-51H,2-17,24-28H2,1H3,(H,52,53)(H2,46,47,48)/t33-,35-,37?,38+,40+/m1/s1.